The van der Waals surface area contributed by atoms with E-state index in [0.717, 1.165) is 30.0 Å². The summed E-state index contributed by atoms with van der Waals surface area (Å²) >= 11 is 1.42. The summed E-state index contributed by atoms with van der Waals surface area (Å²) in [5, 5.41) is 15.4. The van der Waals surface area contributed by atoms with Crippen LogP contribution in [0, 0.1) is 5.82 Å². The number of aromatic hydroxyl groups is 1. The Kier molecular flexibility index (Phi) is 4.56. The summed E-state index contributed by atoms with van der Waals surface area (Å²) in [5.74, 6) is 0.509. The molecule has 2 aromatic heterocycles. The first-order valence-electron chi connectivity index (χ1n) is 9.77. The van der Waals surface area contributed by atoms with Gasteiger partial charge in [-0.3, -0.25) is 4.90 Å². The summed E-state index contributed by atoms with van der Waals surface area (Å²) in [6, 6.07) is 14.8. The first-order chi connectivity index (χ1) is 14.1. The highest BCUT2D eigenvalue weighted by atomic mass is 32.1. The van der Waals surface area contributed by atoms with Gasteiger partial charge in [0.15, 0.2) is 5.82 Å². The van der Waals surface area contributed by atoms with Crippen LogP contribution in [0.2, 0.25) is 0 Å². The van der Waals surface area contributed by atoms with Crippen molar-refractivity contribution in [3.05, 3.63) is 81.7 Å². The van der Waals surface area contributed by atoms with Crippen molar-refractivity contribution in [2.24, 2.45) is 0 Å². The van der Waals surface area contributed by atoms with Crippen LogP contribution in [0.5, 0.6) is 5.88 Å². The van der Waals surface area contributed by atoms with Crippen LogP contribution in [0.15, 0.2) is 48.5 Å². The molecule has 1 N–H and O–H groups in total. The van der Waals surface area contributed by atoms with Crippen LogP contribution in [0.4, 0.5) is 4.39 Å². The molecule has 5 nitrogen and oxygen atoms in total. The van der Waals surface area contributed by atoms with Gasteiger partial charge in [0, 0.05) is 19.5 Å². The highest BCUT2D eigenvalue weighted by Crippen LogP contribution is 2.41. The topological polar surface area (TPSA) is 53.7 Å². The lowest BCUT2D eigenvalue weighted by molar-refractivity contribution is 0.205. The Bertz CT molecular complexity index is 1180. The van der Waals surface area contributed by atoms with Crippen LogP contribution in [-0.2, 0) is 19.4 Å². The summed E-state index contributed by atoms with van der Waals surface area (Å²) in [6.07, 6.45) is 1.63. The van der Waals surface area contributed by atoms with Gasteiger partial charge < -0.3 is 5.11 Å². The zero-order chi connectivity index (χ0) is 20.0. The maximum atomic E-state index is 14.1. The van der Waals surface area contributed by atoms with E-state index < -0.39 is 0 Å². The lowest BCUT2D eigenvalue weighted by atomic mass is 9.95. The van der Waals surface area contributed by atoms with E-state index in [0.29, 0.717) is 17.2 Å². The number of nitrogens with zero attached hydrogens (tertiary/aromatic N) is 4. The smallest absolute Gasteiger partial charge is 0.230 e. The van der Waals surface area contributed by atoms with Crippen molar-refractivity contribution in [2.45, 2.75) is 32.4 Å². The van der Waals surface area contributed by atoms with Crippen molar-refractivity contribution in [3.63, 3.8) is 0 Å². The minimum absolute atomic E-state index is 0.0883. The third kappa shape index (κ3) is 3.20. The quantitative estimate of drug-likeness (QED) is 0.546. The summed E-state index contributed by atoms with van der Waals surface area (Å²) in [4.78, 5) is 8.20. The molecule has 29 heavy (non-hydrogen) atoms. The number of aromatic nitrogens is 3. The first kappa shape index (κ1) is 18.3. The van der Waals surface area contributed by atoms with Crippen LogP contribution < -0.4 is 0 Å². The fourth-order valence-electron chi connectivity index (χ4n) is 4.06. The molecule has 2 aromatic carbocycles. The van der Waals surface area contributed by atoms with Crippen LogP contribution >= 0.6 is 11.3 Å². The molecule has 0 amide bonds. The van der Waals surface area contributed by atoms with E-state index in [9.17, 15) is 9.50 Å². The molecule has 0 spiro atoms. The van der Waals surface area contributed by atoms with E-state index >= 15 is 0 Å². The second kappa shape index (κ2) is 7.24. The van der Waals surface area contributed by atoms with Crippen molar-refractivity contribution in [3.8, 4) is 5.88 Å². The van der Waals surface area contributed by atoms with E-state index in [1.54, 1.807) is 12.1 Å². The average Bonchev–Trinajstić information content (AvgIpc) is 3.27. The van der Waals surface area contributed by atoms with Gasteiger partial charge in [-0.15, -0.1) is 5.10 Å². The highest BCUT2D eigenvalue weighted by molar-refractivity contribution is 7.17. The molecule has 148 valence electrons. The maximum absolute atomic E-state index is 14.1. The Morgan fingerprint density at radius 3 is 2.76 bits per heavy atom. The second-order valence-electron chi connectivity index (χ2n) is 7.31. The Morgan fingerprint density at radius 1 is 1.17 bits per heavy atom. The van der Waals surface area contributed by atoms with Gasteiger partial charge in [-0.2, -0.15) is 4.52 Å². The van der Waals surface area contributed by atoms with Crippen LogP contribution in [0.3, 0.4) is 0 Å². The molecule has 1 aliphatic heterocycles. The lowest BCUT2D eigenvalue weighted by Gasteiger charge is -2.35. The number of aryl methyl sites for hydroxylation is 1. The fraction of sp³-hybridized carbons (Fsp3) is 0.273. The standard InChI is InChI=1S/C22H21FN4OS/c1-2-18-24-22-27(25-18)21(28)20(29-22)19(15-8-5-9-17(23)12-15)26-11-10-14-6-3-4-7-16(14)13-26/h3-9,12,19,28H,2,10-11,13H2,1H3/t19-/m1/s1. The largest absolute Gasteiger partial charge is 0.492 e. The van der Waals surface area contributed by atoms with Crippen molar-refractivity contribution in [1.29, 1.82) is 0 Å². The molecule has 3 heterocycles. The SMILES string of the molecule is CCc1nc2sc([C@@H](c3cccc(F)c3)N3CCc4ccccc4C3)c(O)n2n1. The average molecular weight is 409 g/mol. The van der Waals surface area contributed by atoms with Crippen molar-refractivity contribution < 1.29 is 9.50 Å². The number of fused-ring (bicyclic) bond motifs is 2. The van der Waals surface area contributed by atoms with E-state index in [4.69, 9.17) is 0 Å². The van der Waals surface area contributed by atoms with Gasteiger partial charge in [-0.05, 0) is 35.2 Å². The van der Waals surface area contributed by atoms with Gasteiger partial charge in [-0.1, -0.05) is 54.7 Å². The van der Waals surface area contributed by atoms with Crippen LogP contribution in [0.1, 0.15) is 40.4 Å². The third-order valence-electron chi connectivity index (χ3n) is 5.50. The molecule has 0 saturated carbocycles. The minimum Gasteiger partial charge on any atom is -0.492 e. The number of hydrogen-bond acceptors (Lipinski definition) is 5. The normalized spacial score (nSPS) is 15.5. The Morgan fingerprint density at radius 2 is 2.00 bits per heavy atom. The summed E-state index contributed by atoms with van der Waals surface area (Å²) in [5.41, 5.74) is 3.44. The van der Waals surface area contributed by atoms with Gasteiger partial charge in [0.25, 0.3) is 0 Å². The molecule has 0 unspecified atom stereocenters. The van der Waals surface area contributed by atoms with E-state index in [1.165, 1.54) is 33.0 Å². The van der Waals surface area contributed by atoms with Crippen molar-refractivity contribution in [1.82, 2.24) is 19.5 Å². The molecule has 1 atom stereocenters. The molecule has 0 aliphatic carbocycles. The number of thiazole rings is 1. The Balaban J connectivity index is 1.62. The minimum atomic E-state index is -0.280. The molecule has 5 rings (SSSR count). The lowest BCUT2D eigenvalue weighted by Crippen LogP contribution is -2.34. The number of benzene rings is 2. The molecule has 0 saturated heterocycles. The number of hydrogen-bond donors (Lipinski definition) is 1. The van der Waals surface area contributed by atoms with Gasteiger partial charge in [0.2, 0.25) is 10.8 Å². The van der Waals surface area contributed by atoms with E-state index in [2.05, 4.69) is 33.2 Å². The zero-order valence-corrected chi connectivity index (χ0v) is 16.9. The van der Waals surface area contributed by atoms with Gasteiger partial charge >= 0.3 is 0 Å². The maximum Gasteiger partial charge on any atom is 0.230 e. The monoisotopic (exact) mass is 408 g/mol. The molecule has 1 aliphatic rings. The molecule has 0 radical (unpaired) electrons. The summed E-state index contributed by atoms with van der Waals surface area (Å²) < 4.78 is 15.6. The van der Waals surface area contributed by atoms with Gasteiger partial charge in [0.05, 0.1) is 10.9 Å². The molecular formula is C22H21FN4OS. The Hall–Kier alpha value is -2.77. The second-order valence-corrected chi connectivity index (χ2v) is 8.32. The summed E-state index contributed by atoms with van der Waals surface area (Å²) in [7, 11) is 0. The predicted molar refractivity (Wildman–Crippen MR) is 111 cm³/mol. The first-order valence-corrected chi connectivity index (χ1v) is 10.6. The Labute approximate surface area is 172 Å². The van der Waals surface area contributed by atoms with Crippen LogP contribution in [-0.4, -0.2) is 31.1 Å². The van der Waals surface area contributed by atoms with Crippen molar-refractivity contribution in [2.75, 3.05) is 6.54 Å². The highest BCUT2D eigenvalue weighted by Gasteiger charge is 2.31. The molecule has 4 aromatic rings. The van der Waals surface area contributed by atoms with E-state index in [-0.39, 0.29) is 17.7 Å². The number of halogens is 1. The summed E-state index contributed by atoms with van der Waals surface area (Å²) in [6.45, 7) is 3.55. The van der Waals surface area contributed by atoms with Gasteiger partial charge in [0.1, 0.15) is 5.82 Å². The van der Waals surface area contributed by atoms with Crippen molar-refractivity contribution >= 4 is 16.3 Å². The van der Waals surface area contributed by atoms with E-state index in [1.807, 2.05) is 19.1 Å². The zero-order valence-electron chi connectivity index (χ0n) is 16.0. The fourth-order valence-corrected chi connectivity index (χ4v) is 5.20. The predicted octanol–water partition coefficient (Wildman–Crippen LogP) is 4.35. The molecule has 0 fully saturated rings. The molecule has 7 heteroatoms. The third-order valence-corrected chi connectivity index (χ3v) is 6.57. The molecular weight excluding hydrogens is 387 g/mol. The molecule has 0 bridgehead atoms. The van der Waals surface area contributed by atoms with Crippen LogP contribution in [0.25, 0.3) is 4.96 Å². The number of rotatable bonds is 4. The van der Waals surface area contributed by atoms with Gasteiger partial charge in [-0.25, -0.2) is 9.37 Å².